The number of carbonyl (C=O) groups excluding carboxylic acids is 1. The number of methoxy groups -OCH3 is 1. The molecule has 0 saturated heterocycles. The van der Waals surface area contributed by atoms with Gasteiger partial charge in [0, 0.05) is 27.4 Å². The zero-order valence-corrected chi connectivity index (χ0v) is 14.5. The number of hydrogen-bond donors (Lipinski definition) is 1. The van der Waals surface area contributed by atoms with E-state index in [2.05, 4.69) is 5.32 Å². The van der Waals surface area contributed by atoms with Crippen molar-refractivity contribution in [3.05, 3.63) is 52.5 Å². The highest BCUT2D eigenvalue weighted by Gasteiger charge is 2.25. The van der Waals surface area contributed by atoms with E-state index in [4.69, 9.17) is 21.1 Å². The smallest absolute Gasteiger partial charge is 0.256 e. The molecule has 0 saturated carbocycles. The maximum Gasteiger partial charge on any atom is 0.256 e. The summed E-state index contributed by atoms with van der Waals surface area (Å²) in [4.78, 5) is 12.3. The summed E-state index contributed by atoms with van der Waals surface area (Å²) in [5, 5.41) is 3.43. The molecule has 0 aromatic heterocycles. The minimum Gasteiger partial charge on any atom is -0.493 e. The molecule has 3 rings (SSSR count). The van der Waals surface area contributed by atoms with Gasteiger partial charge in [-0.15, -0.1) is 0 Å². The van der Waals surface area contributed by atoms with Gasteiger partial charge in [-0.2, -0.15) is 0 Å². The SMILES string of the molecule is COc1cccc(/C=C2/C(=O)Nc3ccc(Cl)cc32)c1OC(C)C. The van der Waals surface area contributed by atoms with Crippen LogP contribution in [0.4, 0.5) is 5.69 Å². The van der Waals surface area contributed by atoms with Crippen LogP contribution in [0.15, 0.2) is 36.4 Å². The van der Waals surface area contributed by atoms with Crippen molar-refractivity contribution >= 4 is 34.8 Å². The van der Waals surface area contributed by atoms with Crippen molar-refractivity contribution in [2.24, 2.45) is 0 Å². The molecule has 0 aliphatic carbocycles. The molecule has 1 aliphatic heterocycles. The van der Waals surface area contributed by atoms with Gasteiger partial charge in [-0.3, -0.25) is 4.79 Å². The van der Waals surface area contributed by atoms with E-state index < -0.39 is 0 Å². The third-order valence-corrected chi connectivity index (χ3v) is 3.88. The van der Waals surface area contributed by atoms with Crippen LogP contribution in [0.1, 0.15) is 25.0 Å². The summed E-state index contributed by atoms with van der Waals surface area (Å²) in [6.07, 6.45) is 1.79. The molecule has 0 radical (unpaired) electrons. The van der Waals surface area contributed by atoms with Crippen molar-refractivity contribution in [3.63, 3.8) is 0 Å². The van der Waals surface area contributed by atoms with E-state index in [1.54, 1.807) is 31.4 Å². The molecule has 0 fully saturated rings. The van der Waals surface area contributed by atoms with Gasteiger partial charge in [0.15, 0.2) is 11.5 Å². The second kappa shape index (κ2) is 6.57. The second-order valence-corrected chi connectivity index (χ2v) is 6.18. The topological polar surface area (TPSA) is 47.6 Å². The highest BCUT2D eigenvalue weighted by atomic mass is 35.5. The number of amides is 1. The number of halogens is 1. The fourth-order valence-electron chi connectivity index (χ4n) is 2.63. The molecule has 0 unspecified atom stereocenters. The average Bonchev–Trinajstić information content (AvgIpc) is 2.84. The molecule has 0 spiro atoms. The third kappa shape index (κ3) is 3.10. The molecular weight excluding hydrogens is 326 g/mol. The molecule has 4 nitrogen and oxygen atoms in total. The second-order valence-electron chi connectivity index (χ2n) is 5.75. The van der Waals surface area contributed by atoms with Gasteiger partial charge in [0.1, 0.15) is 0 Å². The standard InChI is InChI=1S/C19H18ClNO3/c1-11(2)24-18-12(5-4-6-17(18)23-3)9-15-14-10-13(20)7-8-16(14)21-19(15)22/h4-11H,1-3H3,(H,21,22)/b15-9+. The molecule has 2 aromatic carbocycles. The van der Waals surface area contributed by atoms with Gasteiger partial charge in [-0.25, -0.2) is 0 Å². The van der Waals surface area contributed by atoms with Gasteiger partial charge >= 0.3 is 0 Å². The minimum atomic E-state index is -0.161. The van der Waals surface area contributed by atoms with E-state index in [1.807, 2.05) is 32.0 Å². The van der Waals surface area contributed by atoms with Crippen molar-refractivity contribution in [1.29, 1.82) is 0 Å². The van der Waals surface area contributed by atoms with Crippen LogP contribution < -0.4 is 14.8 Å². The maximum absolute atomic E-state index is 12.3. The fourth-order valence-corrected chi connectivity index (χ4v) is 2.80. The number of benzene rings is 2. The summed E-state index contributed by atoms with van der Waals surface area (Å²) in [5.74, 6) is 1.08. The van der Waals surface area contributed by atoms with E-state index in [0.29, 0.717) is 22.1 Å². The van der Waals surface area contributed by atoms with Crippen molar-refractivity contribution in [3.8, 4) is 11.5 Å². The largest absolute Gasteiger partial charge is 0.493 e. The lowest BCUT2D eigenvalue weighted by atomic mass is 10.0. The molecule has 0 atom stereocenters. The molecule has 1 heterocycles. The Morgan fingerprint density at radius 2 is 2.00 bits per heavy atom. The first-order valence-electron chi connectivity index (χ1n) is 7.66. The number of para-hydroxylation sites is 1. The Morgan fingerprint density at radius 1 is 1.21 bits per heavy atom. The van der Waals surface area contributed by atoms with Gasteiger partial charge in [-0.05, 0) is 44.2 Å². The normalized spacial score (nSPS) is 14.7. The molecule has 124 valence electrons. The molecule has 5 heteroatoms. The Hall–Kier alpha value is -2.46. The van der Waals surface area contributed by atoms with Gasteiger partial charge in [0.25, 0.3) is 5.91 Å². The number of rotatable bonds is 4. The fraction of sp³-hybridized carbons (Fsp3) is 0.211. The van der Waals surface area contributed by atoms with Crippen LogP contribution >= 0.6 is 11.6 Å². The summed E-state index contributed by atoms with van der Waals surface area (Å²) >= 11 is 6.08. The van der Waals surface area contributed by atoms with Crippen molar-refractivity contribution in [1.82, 2.24) is 0 Å². The van der Waals surface area contributed by atoms with E-state index in [9.17, 15) is 4.79 Å². The Balaban J connectivity index is 2.13. The molecule has 1 aliphatic rings. The maximum atomic E-state index is 12.3. The predicted molar refractivity (Wildman–Crippen MR) is 96.7 cm³/mol. The summed E-state index contributed by atoms with van der Waals surface area (Å²) in [7, 11) is 1.59. The Bertz CT molecular complexity index is 827. The van der Waals surface area contributed by atoms with Gasteiger partial charge in [-0.1, -0.05) is 23.7 Å². The van der Waals surface area contributed by atoms with Crippen LogP contribution in [0, 0.1) is 0 Å². The molecule has 24 heavy (non-hydrogen) atoms. The number of fused-ring (bicyclic) bond motifs is 1. The average molecular weight is 344 g/mol. The summed E-state index contributed by atoms with van der Waals surface area (Å²) in [6.45, 7) is 3.89. The number of hydrogen-bond acceptors (Lipinski definition) is 3. The number of nitrogens with one attached hydrogen (secondary N) is 1. The zero-order valence-electron chi connectivity index (χ0n) is 13.7. The van der Waals surface area contributed by atoms with E-state index in [0.717, 1.165) is 16.8 Å². The minimum absolute atomic E-state index is 0.0161. The first-order valence-corrected chi connectivity index (χ1v) is 8.04. The third-order valence-electron chi connectivity index (χ3n) is 3.65. The molecule has 2 aromatic rings. The van der Waals surface area contributed by atoms with Crippen LogP contribution in [0.5, 0.6) is 11.5 Å². The molecule has 1 N–H and O–H groups in total. The quantitative estimate of drug-likeness (QED) is 0.823. The van der Waals surface area contributed by atoms with Crippen molar-refractivity contribution < 1.29 is 14.3 Å². The summed E-state index contributed by atoms with van der Waals surface area (Å²) in [6, 6.07) is 10.9. The van der Waals surface area contributed by atoms with E-state index in [1.165, 1.54) is 0 Å². The lowest BCUT2D eigenvalue weighted by Gasteiger charge is -2.16. The van der Waals surface area contributed by atoms with Gasteiger partial charge in [0.05, 0.1) is 13.2 Å². The van der Waals surface area contributed by atoms with Crippen LogP contribution in [-0.2, 0) is 4.79 Å². The van der Waals surface area contributed by atoms with Crippen LogP contribution in [-0.4, -0.2) is 19.1 Å². The molecule has 1 amide bonds. The van der Waals surface area contributed by atoms with Gasteiger partial charge in [0.2, 0.25) is 0 Å². The zero-order chi connectivity index (χ0) is 17.3. The van der Waals surface area contributed by atoms with Gasteiger partial charge < -0.3 is 14.8 Å². The monoisotopic (exact) mass is 343 g/mol. The van der Waals surface area contributed by atoms with Crippen molar-refractivity contribution in [2.75, 3.05) is 12.4 Å². The van der Waals surface area contributed by atoms with E-state index in [-0.39, 0.29) is 12.0 Å². The Morgan fingerprint density at radius 3 is 2.71 bits per heavy atom. The Kier molecular flexibility index (Phi) is 4.49. The summed E-state index contributed by atoms with van der Waals surface area (Å²) < 4.78 is 11.3. The van der Waals surface area contributed by atoms with E-state index >= 15 is 0 Å². The highest BCUT2D eigenvalue weighted by Crippen LogP contribution is 2.38. The molecular formula is C19H18ClNO3. The lowest BCUT2D eigenvalue weighted by Crippen LogP contribution is -2.08. The van der Waals surface area contributed by atoms with Crippen LogP contribution in [0.25, 0.3) is 11.6 Å². The predicted octanol–water partition coefficient (Wildman–Crippen LogP) is 4.63. The van der Waals surface area contributed by atoms with Crippen LogP contribution in [0.3, 0.4) is 0 Å². The lowest BCUT2D eigenvalue weighted by molar-refractivity contribution is -0.110. The summed E-state index contributed by atoms with van der Waals surface area (Å²) in [5.41, 5.74) is 2.87. The Labute approximate surface area is 146 Å². The first-order chi connectivity index (χ1) is 11.5. The van der Waals surface area contributed by atoms with Crippen molar-refractivity contribution in [2.45, 2.75) is 20.0 Å². The number of anilines is 1. The highest BCUT2D eigenvalue weighted by molar-refractivity contribution is 6.36. The molecule has 0 bridgehead atoms. The number of carbonyl (C=O) groups is 1. The first kappa shape index (κ1) is 16.4. The van der Waals surface area contributed by atoms with Crippen LogP contribution in [0.2, 0.25) is 5.02 Å². The number of ether oxygens (including phenoxy) is 2.